The Balaban J connectivity index is 1.93. The second-order valence-corrected chi connectivity index (χ2v) is 6.87. The fourth-order valence-corrected chi connectivity index (χ4v) is 3.42. The lowest BCUT2D eigenvalue weighted by molar-refractivity contribution is -0.139. The standard InChI is InChI=1S/C22H23N3O5/c1-6-29-21(27)18-12(2)15-9-7-8-10-16(15)23-17(18)11-30-22(28)20(26)19-13(3)24-25(5)14(19)4/h7-10H,6,11H2,1-5H3. The Bertz CT molecular complexity index is 1160. The van der Waals surface area contributed by atoms with Gasteiger partial charge in [0.1, 0.15) is 6.61 Å². The molecule has 3 rings (SSSR count). The maximum absolute atomic E-state index is 12.6. The first-order chi connectivity index (χ1) is 14.3. The number of fused-ring (bicyclic) bond motifs is 1. The summed E-state index contributed by atoms with van der Waals surface area (Å²) in [5, 5.41) is 4.95. The van der Waals surface area contributed by atoms with Gasteiger partial charge in [0.25, 0.3) is 5.78 Å². The van der Waals surface area contributed by atoms with Gasteiger partial charge in [-0.2, -0.15) is 5.10 Å². The van der Waals surface area contributed by atoms with Crippen molar-refractivity contribution in [2.24, 2.45) is 7.05 Å². The van der Waals surface area contributed by atoms with Crippen LogP contribution in [-0.2, 0) is 27.9 Å². The predicted octanol–water partition coefficient (Wildman–Crippen LogP) is 3.00. The molecule has 0 atom stereocenters. The molecule has 0 saturated heterocycles. The van der Waals surface area contributed by atoms with Crippen LogP contribution in [0.3, 0.4) is 0 Å². The second-order valence-electron chi connectivity index (χ2n) is 6.87. The first kappa shape index (κ1) is 21.2. The van der Waals surface area contributed by atoms with Crippen LogP contribution >= 0.6 is 0 Å². The largest absolute Gasteiger partial charge is 0.462 e. The number of nitrogens with zero attached hydrogens (tertiary/aromatic N) is 3. The summed E-state index contributed by atoms with van der Waals surface area (Å²) in [5.74, 6) is -2.37. The van der Waals surface area contributed by atoms with Gasteiger partial charge in [-0.05, 0) is 39.3 Å². The minimum atomic E-state index is -1.03. The van der Waals surface area contributed by atoms with Gasteiger partial charge < -0.3 is 9.47 Å². The summed E-state index contributed by atoms with van der Waals surface area (Å²) in [5.41, 5.74) is 3.05. The minimum Gasteiger partial charge on any atom is -0.462 e. The number of ether oxygens (including phenoxy) is 2. The van der Waals surface area contributed by atoms with Crippen LogP contribution in [0.25, 0.3) is 10.9 Å². The molecule has 0 radical (unpaired) electrons. The summed E-state index contributed by atoms with van der Waals surface area (Å²) < 4.78 is 11.9. The van der Waals surface area contributed by atoms with Crippen molar-refractivity contribution < 1.29 is 23.9 Å². The van der Waals surface area contributed by atoms with E-state index in [0.29, 0.717) is 22.5 Å². The maximum atomic E-state index is 12.6. The zero-order valence-electron chi connectivity index (χ0n) is 17.6. The first-order valence-electron chi connectivity index (χ1n) is 9.53. The van der Waals surface area contributed by atoms with Crippen molar-refractivity contribution in [3.05, 3.63) is 58.0 Å². The van der Waals surface area contributed by atoms with Crippen LogP contribution in [0.15, 0.2) is 24.3 Å². The van der Waals surface area contributed by atoms with Crippen molar-refractivity contribution in [1.29, 1.82) is 0 Å². The number of ketones is 1. The SMILES string of the molecule is CCOC(=O)c1c(COC(=O)C(=O)c2c(C)nn(C)c2C)nc2ccccc2c1C. The van der Waals surface area contributed by atoms with Crippen LogP contribution in [0.4, 0.5) is 0 Å². The molecule has 8 heteroatoms. The number of esters is 2. The van der Waals surface area contributed by atoms with Crippen molar-refractivity contribution in [2.75, 3.05) is 6.61 Å². The third-order valence-electron chi connectivity index (χ3n) is 4.97. The summed E-state index contributed by atoms with van der Waals surface area (Å²) >= 11 is 0. The van der Waals surface area contributed by atoms with Gasteiger partial charge in [0.2, 0.25) is 0 Å². The molecule has 0 N–H and O–H groups in total. The van der Waals surface area contributed by atoms with Gasteiger partial charge in [-0.25, -0.2) is 14.6 Å². The van der Waals surface area contributed by atoms with E-state index in [4.69, 9.17) is 9.47 Å². The molecule has 0 saturated carbocycles. The number of carbonyl (C=O) groups is 3. The van der Waals surface area contributed by atoms with Crippen LogP contribution in [0.1, 0.15) is 50.3 Å². The summed E-state index contributed by atoms with van der Waals surface area (Å²) in [6.07, 6.45) is 0. The fourth-order valence-electron chi connectivity index (χ4n) is 3.42. The van der Waals surface area contributed by atoms with E-state index in [1.807, 2.05) is 18.2 Å². The van der Waals surface area contributed by atoms with Gasteiger partial charge in [-0.1, -0.05) is 18.2 Å². The van der Waals surface area contributed by atoms with Crippen LogP contribution in [0, 0.1) is 20.8 Å². The van der Waals surface area contributed by atoms with E-state index < -0.39 is 17.7 Å². The number of rotatable bonds is 6. The van der Waals surface area contributed by atoms with Crippen molar-refractivity contribution in [1.82, 2.24) is 14.8 Å². The van der Waals surface area contributed by atoms with Crippen molar-refractivity contribution in [2.45, 2.75) is 34.3 Å². The molecule has 0 spiro atoms. The smallest absolute Gasteiger partial charge is 0.380 e. The van der Waals surface area contributed by atoms with E-state index in [2.05, 4.69) is 10.1 Å². The number of para-hydroxylation sites is 1. The highest BCUT2D eigenvalue weighted by atomic mass is 16.5. The normalized spacial score (nSPS) is 10.8. The molecule has 8 nitrogen and oxygen atoms in total. The first-order valence-corrected chi connectivity index (χ1v) is 9.53. The lowest BCUT2D eigenvalue weighted by Crippen LogP contribution is -2.21. The Labute approximate surface area is 173 Å². The van der Waals surface area contributed by atoms with Crippen LogP contribution < -0.4 is 0 Å². The van der Waals surface area contributed by atoms with Crippen LogP contribution in [0.5, 0.6) is 0 Å². The summed E-state index contributed by atoms with van der Waals surface area (Å²) in [6.45, 7) is 6.72. The number of aryl methyl sites for hydroxylation is 3. The Morgan fingerprint density at radius 2 is 1.73 bits per heavy atom. The number of benzene rings is 1. The van der Waals surface area contributed by atoms with Crippen LogP contribution in [-0.4, -0.2) is 39.1 Å². The topological polar surface area (TPSA) is 100 Å². The van der Waals surface area contributed by atoms with E-state index in [1.165, 1.54) is 4.68 Å². The zero-order chi connectivity index (χ0) is 22.0. The Morgan fingerprint density at radius 1 is 1.03 bits per heavy atom. The Morgan fingerprint density at radius 3 is 2.37 bits per heavy atom. The third kappa shape index (κ3) is 3.80. The number of hydrogen-bond donors (Lipinski definition) is 0. The molecule has 3 aromatic rings. The van der Waals surface area contributed by atoms with Crippen molar-refractivity contribution in [3.8, 4) is 0 Å². The summed E-state index contributed by atoms with van der Waals surface area (Å²) in [6, 6.07) is 7.33. The molecule has 1 aromatic carbocycles. The number of carbonyl (C=O) groups excluding carboxylic acids is 3. The zero-order valence-corrected chi connectivity index (χ0v) is 17.6. The molecular weight excluding hydrogens is 386 g/mol. The van der Waals surface area contributed by atoms with Gasteiger partial charge in [0, 0.05) is 18.1 Å². The van der Waals surface area contributed by atoms with E-state index >= 15 is 0 Å². The molecule has 2 heterocycles. The Hall–Kier alpha value is -3.55. The highest BCUT2D eigenvalue weighted by Crippen LogP contribution is 2.24. The monoisotopic (exact) mass is 409 g/mol. The van der Waals surface area contributed by atoms with Crippen LogP contribution in [0.2, 0.25) is 0 Å². The minimum absolute atomic E-state index is 0.197. The average Bonchev–Trinajstić information content (AvgIpc) is 2.97. The van der Waals surface area contributed by atoms with Crippen molar-refractivity contribution >= 4 is 28.6 Å². The summed E-state index contributed by atoms with van der Waals surface area (Å²) in [7, 11) is 1.69. The van der Waals surface area contributed by atoms with Gasteiger partial charge in [0.15, 0.2) is 0 Å². The molecule has 0 aliphatic heterocycles. The predicted molar refractivity (Wildman–Crippen MR) is 109 cm³/mol. The molecule has 0 fully saturated rings. The quantitative estimate of drug-likeness (QED) is 0.350. The number of pyridine rings is 1. The average molecular weight is 409 g/mol. The van der Waals surface area contributed by atoms with Gasteiger partial charge in [0.05, 0.1) is 34.6 Å². The second kappa shape index (κ2) is 8.44. The van der Waals surface area contributed by atoms with Gasteiger partial charge in [-0.3, -0.25) is 9.48 Å². The third-order valence-corrected chi connectivity index (χ3v) is 4.97. The maximum Gasteiger partial charge on any atom is 0.380 e. The number of aromatic nitrogens is 3. The van der Waals surface area contributed by atoms with E-state index in [0.717, 1.165) is 5.39 Å². The molecule has 0 bridgehead atoms. The molecule has 0 aliphatic carbocycles. The Kier molecular flexibility index (Phi) is 5.96. The fraction of sp³-hybridized carbons (Fsp3) is 0.318. The number of Topliss-reactive ketones (excluding diaryl/α,β-unsaturated/α-hetero) is 1. The number of hydrogen-bond acceptors (Lipinski definition) is 7. The molecule has 0 unspecified atom stereocenters. The molecule has 2 aromatic heterocycles. The summed E-state index contributed by atoms with van der Waals surface area (Å²) in [4.78, 5) is 42.0. The molecular formula is C22H23N3O5. The lowest BCUT2D eigenvalue weighted by Gasteiger charge is -2.14. The van der Waals surface area contributed by atoms with E-state index in [1.54, 1.807) is 40.8 Å². The van der Waals surface area contributed by atoms with E-state index in [-0.39, 0.29) is 30.0 Å². The van der Waals surface area contributed by atoms with Gasteiger partial charge in [-0.15, -0.1) is 0 Å². The van der Waals surface area contributed by atoms with Crippen molar-refractivity contribution in [3.63, 3.8) is 0 Å². The van der Waals surface area contributed by atoms with E-state index in [9.17, 15) is 14.4 Å². The van der Waals surface area contributed by atoms with Gasteiger partial charge >= 0.3 is 11.9 Å². The highest BCUT2D eigenvalue weighted by Gasteiger charge is 2.27. The lowest BCUT2D eigenvalue weighted by atomic mass is 10.0. The molecule has 156 valence electrons. The highest BCUT2D eigenvalue weighted by molar-refractivity contribution is 6.41. The molecule has 0 amide bonds. The molecule has 0 aliphatic rings. The molecule has 30 heavy (non-hydrogen) atoms.